The average molecular weight is 289 g/mol. The summed E-state index contributed by atoms with van der Waals surface area (Å²) >= 11 is 1.70. The molecule has 20 heavy (non-hydrogen) atoms. The topological polar surface area (TPSA) is 58.0 Å². The molecular formula is C15H19N3OS. The molecule has 0 amide bonds. The molecule has 1 aliphatic rings. The normalized spacial score (nSPS) is 22.2. The van der Waals surface area contributed by atoms with Crippen LogP contribution in [-0.4, -0.2) is 27.7 Å². The van der Waals surface area contributed by atoms with Crippen LogP contribution in [0.5, 0.6) is 0 Å². The largest absolute Gasteiger partial charge is 0.396 e. The number of nitrogens with one attached hydrogen (secondary N) is 1. The zero-order valence-electron chi connectivity index (χ0n) is 11.3. The maximum absolute atomic E-state index is 9.33. The maximum Gasteiger partial charge on any atom is 0.125 e. The molecule has 2 aromatic rings. The Morgan fingerprint density at radius 2 is 2.30 bits per heavy atom. The Kier molecular flexibility index (Phi) is 4.40. The molecule has 2 atom stereocenters. The van der Waals surface area contributed by atoms with Gasteiger partial charge in [0, 0.05) is 48.2 Å². The van der Waals surface area contributed by atoms with E-state index in [2.05, 4.69) is 15.3 Å². The molecule has 0 aliphatic heterocycles. The molecule has 2 aromatic heterocycles. The van der Waals surface area contributed by atoms with E-state index in [1.165, 1.54) is 17.7 Å². The van der Waals surface area contributed by atoms with Gasteiger partial charge in [0.15, 0.2) is 0 Å². The standard InChI is InChI=1S/C15H19N3OS/c19-10-12-3-1-5-14(12)17-8-13-9-18-15(20-13)11-4-2-6-16-7-11/h2,4,6-7,9,12,14,17,19H,1,3,5,8,10H2/t12-,14+/m1/s1. The van der Waals surface area contributed by atoms with Crippen LogP contribution < -0.4 is 5.32 Å². The molecule has 0 spiro atoms. The lowest BCUT2D eigenvalue weighted by atomic mass is 10.1. The molecule has 1 fully saturated rings. The van der Waals surface area contributed by atoms with Crippen LogP contribution in [0.3, 0.4) is 0 Å². The van der Waals surface area contributed by atoms with Crippen LogP contribution in [0, 0.1) is 5.92 Å². The van der Waals surface area contributed by atoms with Crippen molar-refractivity contribution in [1.82, 2.24) is 15.3 Å². The molecule has 1 saturated carbocycles. The van der Waals surface area contributed by atoms with Gasteiger partial charge >= 0.3 is 0 Å². The molecule has 2 heterocycles. The lowest BCUT2D eigenvalue weighted by molar-refractivity contribution is 0.205. The summed E-state index contributed by atoms with van der Waals surface area (Å²) in [5.41, 5.74) is 1.07. The number of aliphatic hydroxyl groups excluding tert-OH is 1. The van der Waals surface area contributed by atoms with E-state index < -0.39 is 0 Å². The van der Waals surface area contributed by atoms with Gasteiger partial charge in [-0.2, -0.15) is 0 Å². The second-order valence-corrected chi connectivity index (χ2v) is 6.35. The summed E-state index contributed by atoms with van der Waals surface area (Å²) in [7, 11) is 0. The van der Waals surface area contributed by atoms with Gasteiger partial charge in [-0.05, 0) is 30.9 Å². The number of aromatic nitrogens is 2. The molecule has 2 N–H and O–H groups in total. The molecule has 0 radical (unpaired) electrons. The van der Waals surface area contributed by atoms with E-state index in [-0.39, 0.29) is 0 Å². The average Bonchev–Trinajstić information content (AvgIpc) is 3.15. The number of thiazole rings is 1. The van der Waals surface area contributed by atoms with Crippen molar-refractivity contribution in [2.45, 2.75) is 31.8 Å². The van der Waals surface area contributed by atoms with E-state index >= 15 is 0 Å². The predicted octanol–water partition coefficient (Wildman–Crippen LogP) is 2.46. The molecule has 0 unspecified atom stereocenters. The van der Waals surface area contributed by atoms with Crippen LogP contribution >= 0.6 is 11.3 Å². The number of aliphatic hydroxyl groups is 1. The molecule has 0 bridgehead atoms. The van der Waals surface area contributed by atoms with Gasteiger partial charge in [0.2, 0.25) is 0 Å². The summed E-state index contributed by atoms with van der Waals surface area (Å²) in [6.07, 6.45) is 9.07. The summed E-state index contributed by atoms with van der Waals surface area (Å²) in [4.78, 5) is 9.81. The zero-order valence-corrected chi connectivity index (χ0v) is 12.1. The Morgan fingerprint density at radius 3 is 3.10 bits per heavy atom. The molecule has 0 saturated heterocycles. The molecule has 4 nitrogen and oxygen atoms in total. The lowest BCUT2D eigenvalue weighted by Gasteiger charge is -2.18. The Morgan fingerprint density at radius 1 is 1.35 bits per heavy atom. The molecule has 0 aromatic carbocycles. The fraction of sp³-hybridized carbons (Fsp3) is 0.467. The van der Waals surface area contributed by atoms with Crippen molar-refractivity contribution in [2.75, 3.05) is 6.61 Å². The van der Waals surface area contributed by atoms with Gasteiger partial charge in [-0.1, -0.05) is 6.42 Å². The van der Waals surface area contributed by atoms with Gasteiger partial charge in [-0.15, -0.1) is 11.3 Å². The second kappa shape index (κ2) is 6.43. The monoisotopic (exact) mass is 289 g/mol. The summed E-state index contributed by atoms with van der Waals surface area (Å²) in [6.45, 7) is 1.13. The van der Waals surface area contributed by atoms with Crippen molar-refractivity contribution in [3.8, 4) is 10.6 Å². The van der Waals surface area contributed by atoms with Gasteiger partial charge in [0.05, 0.1) is 0 Å². The highest BCUT2D eigenvalue weighted by Crippen LogP contribution is 2.27. The first-order valence-corrected chi connectivity index (χ1v) is 7.88. The number of pyridine rings is 1. The SMILES string of the molecule is OC[C@H]1CCC[C@@H]1NCc1cnc(-c2cccnc2)s1. The third kappa shape index (κ3) is 3.06. The highest BCUT2D eigenvalue weighted by Gasteiger charge is 2.25. The van der Waals surface area contributed by atoms with Gasteiger partial charge in [-0.25, -0.2) is 4.98 Å². The molecule has 3 rings (SSSR count). The van der Waals surface area contributed by atoms with Crippen molar-refractivity contribution in [3.05, 3.63) is 35.6 Å². The molecule has 5 heteroatoms. The van der Waals surface area contributed by atoms with Gasteiger partial charge in [0.1, 0.15) is 5.01 Å². The zero-order chi connectivity index (χ0) is 13.8. The number of rotatable bonds is 5. The quantitative estimate of drug-likeness (QED) is 0.887. The van der Waals surface area contributed by atoms with E-state index in [1.807, 2.05) is 24.5 Å². The Labute approximate surface area is 122 Å². The molecular weight excluding hydrogens is 270 g/mol. The van der Waals surface area contributed by atoms with Crippen LogP contribution in [0.1, 0.15) is 24.1 Å². The summed E-state index contributed by atoms with van der Waals surface area (Å²) in [5.74, 6) is 0.417. The van der Waals surface area contributed by atoms with Gasteiger partial charge in [-0.3, -0.25) is 4.98 Å². The van der Waals surface area contributed by atoms with E-state index in [1.54, 1.807) is 17.5 Å². The Balaban J connectivity index is 1.60. The number of hydrogen-bond acceptors (Lipinski definition) is 5. The van der Waals surface area contributed by atoms with Gasteiger partial charge < -0.3 is 10.4 Å². The van der Waals surface area contributed by atoms with Crippen molar-refractivity contribution < 1.29 is 5.11 Å². The first-order valence-electron chi connectivity index (χ1n) is 7.06. The maximum atomic E-state index is 9.33. The minimum absolute atomic E-state index is 0.293. The fourth-order valence-corrected chi connectivity index (χ4v) is 3.62. The third-order valence-corrected chi connectivity index (χ3v) is 4.94. The second-order valence-electron chi connectivity index (χ2n) is 5.23. The highest BCUT2D eigenvalue weighted by molar-refractivity contribution is 7.15. The lowest BCUT2D eigenvalue weighted by Crippen LogP contribution is -2.33. The smallest absolute Gasteiger partial charge is 0.125 e. The van der Waals surface area contributed by atoms with Gasteiger partial charge in [0.25, 0.3) is 0 Å². The van der Waals surface area contributed by atoms with Crippen LogP contribution in [0.15, 0.2) is 30.7 Å². The number of hydrogen-bond donors (Lipinski definition) is 2. The van der Waals surface area contributed by atoms with E-state index in [4.69, 9.17) is 0 Å². The predicted molar refractivity (Wildman–Crippen MR) is 80.4 cm³/mol. The van der Waals surface area contributed by atoms with Crippen LogP contribution in [0.25, 0.3) is 10.6 Å². The van der Waals surface area contributed by atoms with Crippen LogP contribution in [0.2, 0.25) is 0 Å². The van der Waals surface area contributed by atoms with Crippen molar-refractivity contribution in [2.24, 2.45) is 5.92 Å². The first-order chi connectivity index (χ1) is 9.86. The minimum atomic E-state index is 0.293. The summed E-state index contributed by atoms with van der Waals surface area (Å²) in [5, 5.41) is 13.9. The van der Waals surface area contributed by atoms with Crippen LogP contribution in [0.4, 0.5) is 0 Å². The molecule has 1 aliphatic carbocycles. The Bertz CT molecular complexity index is 543. The highest BCUT2D eigenvalue weighted by atomic mass is 32.1. The van der Waals surface area contributed by atoms with E-state index in [9.17, 15) is 5.11 Å². The fourth-order valence-electron chi connectivity index (χ4n) is 2.77. The van der Waals surface area contributed by atoms with Crippen LogP contribution in [-0.2, 0) is 6.54 Å². The molecule has 106 valence electrons. The summed E-state index contributed by atoms with van der Waals surface area (Å²) in [6, 6.07) is 4.41. The first kappa shape index (κ1) is 13.7. The van der Waals surface area contributed by atoms with Crippen molar-refractivity contribution in [3.63, 3.8) is 0 Å². The minimum Gasteiger partial charge on any atom is -0.396 e. The third-order valence-electron chi connectivity index (χ3n) is 3.89. The van der Waals surface area contributed by atoms with E-state index in [0.29, 0.717) is 18.6 Å². The summed E-state index contributed by atoms with van der Waals surface area (Å²) < 4.78 is 0. The Hall–Kier alpha value is -1.30. The van der Waals surface area contributed by atoms with Crippen molar-refractivity contribution in [1.29, 1.82) is 0 Å². The van der Waals surface area contributed by atoms with Crippen molar-refractivity contribution >= 4 is 11.3 Å². The van der Waals surface area contributed by atoms with E-state index in [0.717, 1.165) is 23.5 Å². The number of nitrogens with zero attached hydrogens (tertiary/aromatic N) is 2.